The van der Waals surface area contributed by atoms with Crippen LogP contribution in [0.2, 0.25) is 0 Å². The van der Waals surface area contributed by atoms with Crippen LogP contribution < -0.4 is 5.32 Å². The van der Waals surface area contributed by atoms with Crippen LogP contribution in [0.1, 0.15) is 36.0 Å². The second kappa shape index (κ2) is 5.25. The van der Waals surface area contributed by atoms with Crippen LogP contribution in [0.5, 0.6) is 0 Å². The van der Waals surface area contributed by atoms with E-state index in [9.17, 15) is 4.79 Å². The molecule has 2 unspecified atom stereocenters. The molecule has 1 fully saturated rings. The Morgan fingerprint density at radius 3 is 2.88 bits per heavy atom. The van der Waals surface area contributed by atoms with Gasteiger partial charge in [0, 0.05) is 6.04 Å². The fraction of sp³-hybridized carbons (Fsp3) is 0.545. The van der Waals surface area contributed by atoms with E-state index in [-0.39, 0.29) is 17.3 Å². The number of halogens is 1. The van der Waals surface area contributed by atoms with Crippen molar-refractivity contribution in [1.29, 1.82) is 0 Å². The lowest BCUT2D eigenvalue weighted by atomic mass is 9.95. The van der Waals surface area contributed by atoms with Gasteiger partial charge in [-0.15, -0.1) is 11.6 Å². The van der Waals surface area contributed by atoms with Gasteiger partial charge in [0.1, 0.15) is 0 Å². The van der Waals surface area contributed by atoms with Crippen molar-refractivity contribution < 1.29 is 4.79 Å². The van der Waals surface area contributed by atoms with Crippen LogP contribution in [0.25, 0.3) is 0 Å². The quantitative estimate of drug-likeness (QED) is 0.800. The molecule has 0 spiro atoms. The molecule has 5 heteroatoms. The number of nitrogens with zero attached hydrogens (tertiary/aromatic N) is 2. The van der Waals surface area contributed by atoms with E-state index >= 15 is 0 Å². The Bertz CT molecular complexity index is 358. The standard InChI is InChI=1S/C11H14ClN3O/c12-9-3-1-2-4-10(9)15-11(16)8-5-6-13-14-7-8/h5-7,9-10H,1-4H2,(H,15,16). The molecule has 0 aliphatic heterocycles. The molecule has 86 valence electrons. The number of carbonyl (C=O) groups excluding carboxylic acids is 1. The smallest absolute Gasteiger partial charge is 0.253 e. The van der Waals surface area contributed by atoms with E-state index in [4.69, 9.17) is 11.6 Å². The van der Waals surface area contributed by atoms with Crippen molar-refractivity contribution in [3.8, 4) is 0 Å². The van der Waals surface area contributed by atoms with Gasteiger partial charge in [-0.25, -0.2) is 0 Å². The topological polar surface area (TPSA) is 54.9 Å². The lowest BCUT2D eigenvalue weighted by Gasteiger charge is -2.27. The Kier molecular flexibility index (Phi) is 3.72. The van der Waals surface area contributed by atoms with Crippen LogP contribution in [-0.2, 0) is 0 Å². The van der Waals surface area contributed by atoms with Crippen molar-refractivity contribution in [2.24, 2.45) is 0 Å². The van der Waals surface area contributed by atoms with Crippen molar-refractivity contribution in [2.75, 3.05) is 0 Å². The van der Waals surface area contributed by atoms with Gasteiger partial charge in [-0.1, -0.05) is 12.8 Å². The Morgan fingerprint density at radius 1 is 1.38 bits per heavy atom. The highest BCUT2D eigenvalue weighted by Gasteiger charge is 2.24. The van der Waals surface area contributed by atoms with Crippen molar-refractivity contribution >= 4 is 17.5 Å². The van der Waals surface area contributed by atoms with E-state index in [1.165, 1.54) is 12.4 Å². The molecule has 1 aliphatic rings. The molecular formula is C11H14ClN3O. The number of rotatable bonds is 2. The number of amides is 1. The Hall–Kier alpha value is -1.16. The van der Waals surface area contributed by atoms with E-state index in [1.807, 2.05) is 0 Å². The van der Waals surface area contributed by atoms with Gasteiger partial charge in [0.15, 0.2) is 0 Å². The summed E-state index contributed by atoms with van der Waals surface area (Å²) in [6.07, 6.45) is 7.18. The first-order chi connectivity index (χ1) is 7.77. The van der Waals surface area contributed by atoms with Crippen molar-refractivity contribution in [1.82, 2.24) is 15.5 Å². The second-order valence-electron chi connectivity index (χ2n) is 4.01. The first-order valence-electron chi connectivity index (χ1n) is 5.49. The van der Waals surface area contributed by atoms with Gasteiger partial charge >= 0.3 is 0 Å². The lowest BCUT2D eigenvalue weighted by molar-refractivity contribution is 0.0928. The molecule has 1 amide bonds. The minimum atomic E-state index is -0.118. The zero-order valence-corrected chi connectivity index (χ0v) is 9.65. The van der Waals surface area contributed by atoms with Crippen LogP contribution in [0.15, 0.2) is 18.5 Å². The predicted molar refractivity (Wildman–Crippen MR) is 61.4 cm³/mol. The highest BCUT2D eigenvalue weighted by atomic mass is 35.5. The van der Waals surface area contributed by atoms with Gasteiger partial charge in [-0.3, -0.25) is 4.79 Å². The molecule has 1 aromatic rings. The SMILES string of the molecule is O=C(NC1CCCCC1Cl)c1ccnnc1. The van der Waals surface area contributed by atoms with Crippen molar-refractivity contribution in [3.63, 3.8) is 0 Å². The molecule has 0 bridgehead atoms. The van der Waals surface area contributed by atoms with Gasteiger partial charge in [0.25, 0.3) is 5.91 Å². The summed E-state index contributed by atoms with van der Waals surface area (Å²) in [4.78, 5) is 11.8. The maximum absolute atomic E-state index is 11.8. The fourth-order valence-corrected chi connectivity index (χ4v) is 2.27. The van der Waals surface area contributed by atoms with Gasteiger partial charge in [0.2, 0.25) is 0 Å². The lowest BCUT2D eigenvalue weighted by Crippen LogP contribution is -2.42. The third-order valence-electron chi connectivity index (χ3n) is 2.84. The number of aromatic nitrogens is 2. The van der Waals surface area contributed by atoms with Gasteiger partial charge in [0.05, 0.1) is 23.3 Å². The van der Waals surface area contributed by atoms with Gasteiger partial charge in [-0.2, -0.15) is 10.2 Å². The van der Waals surface area contributed by atoms with Gasteiger partial charge in [-0.05, 0) is 18.9 Å². The minimum absolute atomic E-state index is 0.0486. The monoisotopic (exact) mass is 239 g/mol. The highest BCUT2D eigenvalue weighted by Crippen LogP contribution is 2.23. The highest BCUT2D eigenvalue weighted by molar-refractivity contribution is 6.21. The fourth-order valence-electron chi connectivity index (χ4n) is 1.92. The number of carbonyl (C=O) groups is 1. The third-order valence-corrected chi connectivity index (χ3v) is 3.37. The maximum Gasteiger partial charge on any atom is 0.253 e. The van der Waals surface area contributed by atoms with E-state index < -0.39 is 0 Å². The number of nitrogens with one attached hydrogen (secondary N) is 1. The van der Waals surface area contributed by atoms with E-state index in [2.05, 4.69) is 15.5 Å². The van der Waals surface area contributed by atoms with Crippen molar-refractivity contribution in [3.05, 3.63) is 24.0 Å². The van der Waals surface area contributed by atoms with Crippen LogP contribution in [-0.4, -0.2) is 27.5 Å². The molecule has 0 aromatic carbocycles. The summed E-state index contributed by atoms with van der Waals surface area (Å²) in [7, 11) is 0. The summed E-state index contributed by atoms with van der Waals surface area (Å²) in [5, 5.41) is 10.3. The summed E-state index contributed by atoms with van der Waals surface area (Å²) in [5.41, 5.74) is 0.532. The largest absolute Gasteiger partial charge is 0.348 e. The molecule has 1 aliphatic carbocycles. The molecular weight excluding hydrogens is 226 g/mol. The van der Waals surface area contributed by atoms with E-state index in [0.29, 0.717) is 5.56 Å². The normalized spacial score (nSPS) is 25.1. The molecule has 1 aromatic heterocycles. The molecule has 4 nitrogen and oxygen atoms in total. The van der Waals surface area contributed by atoms with Crippen LogP contribution in [0, 0.1) is 0 Å². The van der Waals surface area contributed by atoms with Crippen LogP contribution in [0.4, 0.5) is 0 Å². The zero-order valence-electron chi connectivity index (χ0n) is 8.90. The Labute approximate surface area is 99.4 Å². The molecule has 1 saturated carbocycles. The van der Waals surface area contributed by atoms with Crippen molar-refractivity contribution in [2.45, 2.75) is 37.1 Å². The summed E-state index contributed by atoms with van der Waals surface area (Å²) in [5.74, 6) is -0.118. The van der Waals surface area contributed by atoms with Crippen LogP contribution >= 0.6 is 11.6 Å². The third kappa shape index (κ3) is 2.70. The Balaban J connectivity index is 1.96. The first kappa shape index (κ1) is 11.3. The average Bonchev–Trinajstić information content (AvgIpc) is 2.33. The summed E-state index contributed by atoms with van der Waals surface area (Å²) >= 11 is 6.17. The van der Waals surface area contributed by atoms with Crippen LogP contribution in [0.3, 0.4) is 0 Å². The summed E-state index contributed by atoms with van der Waals surface area (Å²) < 4.78 is 0. The number of hydrogen-bond acceptors (Lipinski definition) is 3. The summed E-state index contributed by atoms with van der Waals surface area (Å²) in [6, 6.07) is 1.73. The first-order valence-corrected chi connectivity index (χ1v) is 5.92. The second-order valence-corrected chi connectivity index (χ2v) is 4.57. The minimum Gasteiger partial charge on any atom is -0.348 e. The molecule has 1 heterocycles. The number of hydrogen-bond donors (Lipinski definition) is 1. The molecule has 2 atom stereocenters. The average molecular weight is 240 g/mol. The molecule has 2 rings (SSSR count). The van der Waals surface area contributed by atoms with E-state index in [1.54, 1.807) is 6.07 Å². The number of alkyl halides is 1. The predicted octanol–water partition coefficient (Wildman–Crippen LogP) is 1.76. The zero-order chi connectivity index (χ0) is 11.4. The Morgan fingerprint density at radius 2 is 2.19 bits per heavy atom. The molecule has 0 saturated heterocycles. The molecule has 0 radical (unpaired) electrons. The molecule has 16 heavy (non-hydrogen) atoms. The molecule has 1 N–H and O–H groups in total. The van der Waals surface area contributed by atoms with Gasteiger partial charge < -0.3 is 5.32 Å². The van der Waals surface area contributed by atoms with E-state index in [0.717, 1.165) is 25.7 Å². The maximum atomic E-state index is 11.8. The summed E-state index contributed by atoms with van der Waals surface area (Å²) in [6.45, 7) is 0.